The van der Waals surface area contributed by atoms with E-state index in [9.17, 15) is 4.79 Å². The number of aromatic nitrogens is 3. The van der Waals surface area contributed by atoms with E-state index in [0.717, 1.165) is 50.4 Å². The van der Waals surface area contributed by atoms with Crippen LogP contribution < -0.4 is 19.8 Å². The number of fused-ring (bicyclic) bond motifs is 1. The maximum absolute atomic E-state index is 15.5. The molecule has 0 spiro atoms. The SMILES string of the molecule is COc1cc2c(Oc3ccc(-n4cnc(Cc5ccccc5C)c(C)c4=O)cc3F)ccnc2cc1OCCCN1CCOCC1. The summed E-state index contributed by atoms with van der Waals surface area (Å²) in [4.78, 5) is 24.7. The normalized spacial score (nSPS) is 13.6. The number of methoxy groups -OCH3 is 1. The maximum atomic E-state index is 15.5. The number of halogens is 1. The molecule has 0 atom stereocenters. The molecule has 0 amide bonds. The van der Waals surface area contributed by atoms with Gasteiger partial charge in [-0.2, -0.15) is 0 Å². The van der Waals surface area contributed by atoms with E-state index >= 15 is 4.39 Å². The molecular weight excluding hydrogens is 587 g/mol. The smallest absolute Gasteiger partial charge is 0.261 e. The largest absolute Gasteiger partial charge is 0.493 e. The van der Waals surface area contributed by atoms with Gasteiger partial charge in [0.1, 0.15) is 12.1 Å². The van der Waals surface area contributed by atoms with Crippen molar-refractivity contribution in [3.05, 3.63) is 112 Å². The molecule has 0 bridgehead atoms. The van der Waals surface area contributed by atoms with Gasteiger partial charge in [0.15, 0.2) is 23.1 Å². The summed E-state index contributed by atoms with van der Waals surface area (Å²) in [6.45, 7) is 8.65. The summed E-state index contributed by atoms with van der Waals surface area (Å²) in [6, 6.07) is 17.7. The molecule has 1 fully saturated rings. The molecule has 3 heterocycles. The quantitative estimate of drug-likeness (QED) is 0.165. The standard InChI is InChI=1S/C36H37FN4O5/c1-24-7-4-5-8-26(24)19-30-25(2)36(42)41(23-39-30)27-9-10-33(29(37)20-27)46-32-11-12-38-31-22-35(34(43-3)21-28(31)32)45-16-6-13-40-14-17-44-18-15-40/h4-5,7-12,20-23H,6,13-19H2,1-3H3. The number of hydrogen-bond donors (Lipinski definition) is 0. The second kappa shape index (κ2) is 14.1. The third-order valence-electron chi connectivity index (χ3n) is 8.30. The van der Waals surface area contributed by atoms with Gasteiger partial charge >= 0.3 is 0 Å². The molecule has 0 aliphatic carbocycles. The Kier molecular flexibility index (Phi) is 9.56. The van der Waals surface area contributed by atoms with Gasteiger partial charge in [0, 0.05) is 55.3 Å². The Morgan fingerprint density at radius 2 is 1.76 bits per heavy atom. The monoisotopic (exact) mass is 624 g/mol. The van der Waals surface area contributed by atoms with Crippen LogP contribution in [0.5, 0.6) is 23.0 Å². The fraction of sp³-hybridized carbons (Fsp3) is 0.306. The van der Waals surface area contributed by atoms with Crippen LogP contribution in [0.2, 0.25) is 0 Å². The molecule has 10 heteroatoms. The van der Waals surface area contributed by atoms with Gasteiger partial charge in [0.05, 0.1) is 43.8 Å². The van der Waals surface area contributed by atoms with Crippen molar-refractivity contribution in [2.45, 2.75) is 26.7 Å². The first kappa shape index (κ1) is 31.2. The van der Waals surface area contributed by atoms with Crippen LogP contribution in [0.15, 0.2) is 78.0 Å². The number of nitrogens with zero attached hydrogens (tertiary/aromatic N) is 4. The van der Waals surface area contributed by atoms with Gasteiger partial charge in [0.25, 0.3) is 5.56 Å². The van der Waals surface area contributed by atoms with Gasteiger partial charge in [-0.15, -0.1) is 0 Å². The van der Waals surface area contributed by atoms with Crippen LogP contribution in [0, 0.1) is 19.7 Å². The van der Waals surface area contributed by atoms with E-state index in [-0.39, 0.29) is 11.3 Å². The van der Waals surface area contributed by atoms with E-state index in [0.29, 0.717) is 58.1 Å². The summed E-state index contributed by atoms with van der Waals surface area (Å²) in [5, 5.41) is 0.642. The lowest BCUT2D eigenvalue weighted by Crippen LogP contribution is -2.37. The van der Waals surface area contributed by atoms with Gasteiger partial charge in [0.2, 0.25) is 0 Å². The molecule has 5 aromatic rings. The molecule has 0 unspecified atom stereocenters. The Hall–Kier alpha value is -4.80. The van der Waals surface area contributed by atoms with Crippen LogP contribution in [0.25, 0.3) is 16.6 Å². The highest BCUT2D eigenvalue weighted by molar-refractivity contribution is 5.88. The second-order valence-electron chi connectivity index (χ2n) is 11.3. The highest BCUT2D eigenvalue weighted by Gasteiger charge is 2.16. The highest BCUT2D eigenvalue weighted by atomic mass is 19.1. The minimum absolute atomic E-state index is 0.00700. The van der Waals surface area contributed by atoms with E-state index in [4.69, 9.17) is 18.9 Å². The number of hydrogen-bond acceptors (Lipinski definition) is 8. The summed E-state index contributed by atoms with van der Waals surface area (Å²) in [5.74, 6) is 0.900. The molecule has 6 rings (SSSR count). The van der Waals surface area contributed by atoms with E-state index in [1.54, 1.807) is 44.5 Å². The van der Waals surface area contributed by atoms with Gasteiger partial charge in [-0.1, -0.05) is 24.3 Å². The highest BCUT2D eigenvalue weighted by Crippen LogP contribution is 2.37. The topological polar surface area (TPSA) is 87.9 Å². The minimum atomic E-state index is -0.622. The Bertz CT molecular complexity index is 1900. The van der Waals surface area contributed by atoms with Crippen LogP contribution in [0.4, 0.5) is 4.39 Å². The Morgan fingerprint density at radius 3 is 2.54 bits per heavy atom. The summed E-state index contributed by atoms with van der Waals surface area (Å²) in [5.41, 5.74) is 4.17. The molecule has 0 N–H and O–H groups in total. The van der Waals surface area contributed by atoms with Crippen LogP contribution in [0.3, 0.4) is 0 Å². The Labute approximate surface area is 267 Å². The first-order valence-electron chi connectivity index (χ1n) is 15.4. The molecule has 238 valence electrons. The van der Waals surface area contributed by atoms with E-state index < -0.39 is 5.82 Å². The summed E-state index contributed by atoms with van der Waals surface area (Å²) < 4.78 is 39.9. The predicted molar refractivity (Wildman–Crippen MR) is 174 cm³/mol. The molecule has 46 heavy (non-hydrogen) atoms. The summed E-state index contributed by atoms with van der Waals surface area (Å²) in [7, 11) is 1.57. The van der Waals surface area contributed by atoms with Crippen molar-refractivity contribution in [2.75, 3.05) is 46.6 Å². The lowest BCUT2D eigenvalue weighted by Gasteiger charge is -2.26. The van der Waals surface area contributed by atoms with E-state index in [1.165, 1.54) is 23.0 Å². The van der Waals surface area contributed by atoms with Crippen molar-refractivity contribution in [3.63, 3.8) is 0 Å². The lowest BCUT2D eigenvalue weighted by atomic mass is 10.0. The molecule has 2 aromatic heterocycles. The molecule has 9 nitrogen and oxygen atoms in total. The number of morpholine rings is 1. The van der Waals surface area contributed by atoms with Crippen molar-refractivity contribution in [2.24, 2.45) is 0 Å². The number of aryl methyl sites for hydroxylation is 1. The zero-order chi connectivity index (χ0) is 32.0. The summed E-state index contributed by atoms with van der Waals surface area (Å²) >= 11 is 0. The Balaban J connectivity index is 1.18. The predicted octanol–water partition coefficient (Wildman–Crippen LogP) is 6.03. The van der Waals surface area contributed by atoms with E-state index in [1.807, 2.05) is 31.2 Å². The summed E-state index contributed by atoms with van der Waals surface area (Å²) in [6.07, 6.45) is 4.46. The van der Waals surface area contributed by atoms with Crippen molar-refractivity contribution >= 4 is 10.9 Å². The van der Waals surface area contributed by atoms with Crippen LogP contribution in [0.1, 0.15) is 28.8 Å². The fourth-order valence-electron chi connectivity index (χ4n) is 5.56. The van der Waals surface area contributed by atoms with Crippen molar-refractivity contribution in [1.29, 1.82) is 0 Å². The molecular formula is C36H37FN4O5. The zero-order valence-electron chi connectivity index (χ0n) is 26.3. The van der Waals surface area contributed by atoms with Crippen molar-refractivity contribution < 1.29 is 23.3 Å². The van der Waals surface area contributed by atoms with Crippen molar-refractivity contribution in [3.8, 4) is 28.7 Å². The first-order chi connectivity index (χ1) is 22.4. The average Bonchev–Trinajstić information content (AvgIpc) is 3.07. The number of rotatable bonds is 11. The Morgan fingerprint density at radius 1 is 0.935 bits per heavy atom. The van der Waals surface area contributed by atoms with Gasteiger partial charge in [-0.25, -0.2) is 9.37 Å². The maximum Gasteiger partial charge on any atom is 0.261 e. The van der Waals surface area contributed by atoms with Crippen LogP contribution >= 0.6 is 0 Å². The number of pyridine rings is 1. The van der Waals surface area contributed by atoms with Gasteiger partial charge in [-0.05, 0) is 55.7 Å². The fourth-order valence-corrected chi connectivity index (χ4v) is 5.56. The van der Waals surface area contributed by atoms with Gasteiger partial charge < -0.3 is 18.9 Å². The zero-order valence-corrected chi connectivity index (χ0v) is 26.3. The van der Waals surface area contributed by atoms with Crippen LogP contribution in [-0.2, 0) is 11.2 Å². The number of ether oxygens (including phenoxy) is 4. The van der Waals surface area contributed by atoms with Gasteiger partial charge in [-0.3, -0.25) is 19.2 Å². The molecule has 0 radical (unpaired) electrons. The number of benzene rings is 3. The third kappa shape index (κ3) is 6.88. The third-order valence-corrected chi connectivity index (χ3v) is 8.30. The lowest BCUT2D eigenvalue weighted by molar-refractivity contribution is 0.0357. The molecule has 1 saturated heterocycles. The average molecular weight is 625 g/mol. The van der Waals surface area contributed by atoms with Crippen LogP contribution in [-0.4, -0.2) is 66.0 Å². The minimum Gasteiger partial charge on any atom is -0.493 e. The molecule has 0 saturated carbocycles. The molecule has 1 aliphatic heterocycles. The molecule has 3 aromatic carbocycles. The molecule has 1 aliphatic rings. The van der Waals surface area contributed by atoms with Crippen molar-refractivity contribution in [1.82, 2.24) is 19.4 Å². The van der Waals surface area contributed by atoms with E-state index in [2.05, 4.69) is 14.9 Å². The first-order valence-corrected chi connectivity index (χ1v) is 15.4. The second-order valence-corrected chi connectivity index (χ2v) is 11.3.